The minimum absolute atomic E-state index is 0.149. The van der Waals surface area contributed by atoms with Crippen LogP contribution in [0, 0.1) is 11.8 Å². The molecule has 1 saturated carbocycles. The van der Waals surface area contributed by atoms with Crippen LogP contribution in [0.1, 0.15) is 68.2 Å². The highest BCUT2D eigenvalue weighted by Gasteiger charge is 2.30. The molecule has 1 N–H and O–H groups in total. The van der Waals surface area contributed by atoms with E-state index in [0.717, 1.165) is 56.6 Å². The van der Waals surface area contributed by atoms with Gasteiger partial charge >= 0.3 is 5.97 Å². The largest absolute Gasteiger partial charge is 0.493 e. The fourth-order valence-corrected chi connectivity index (χ4v) is 6.24. The van der Waals surface area contributed by atoms with Gasteiger partial charge in [-0.3, -0.25) is 24.2 Å². The van der Waals surface area contributed by atoms with E-state index in [1.807, 2.05) is 18.2 Å². The number of benzene rings is 2. The van der Waals surface area contributed by atoms with Gasteiger partial charge in [0.15, 0.2) is 11.5 Å². The van der Waals surface area contributed by atoms with Crippen LogP contribution in [0.4, 0.5) is 0 Å². The van der Waals surface area contributed by atoms with E-state index in [1.165, 1.54) is 16.0 Å². The number of carboxylic acids is 1. The standard InChI is InChI=1S/C32H40N2O7/c1-21(25-8-10-27-26(18-25)13-15-40-27)33(19-22-3-6-24(7-4-22)32(37)38)20-23-5-9-28(29(17-23)39-2)41-16-14-34-30(35)11-12-31(34)36/h5,8-10,17-18,21-22,24H,3-4,6-7,11-16,19-20H2,1-2H3,(H,37,38)/t21?,22-,24+. The Hall–Kier alpha value is -3.59. The molecule has 220 valence electrons. The number of nitrogens with zero attached hydrogens (tertiary/aromatic N) is 2. The van der Waals surface area contributed by atoms with Crippen molar-refractivity contribution in [2.75, 3.05) is 33.4 Å². The Bertz CT molecular complexity index is 1250. The van der Waals surface area contributed by atoms with Gasteiger partial charge in [0.05, 0.1) is 26.2 Å². The van der Waals surface area contributed by atoms with Crippen molar-refractivity contribution < 1.29 is 33.7 Å². The number of likely N-dealkylation sites (tertiary alicyclic amines) is 1. The number of carboxylic acid groups (broad SMARTS) is 1. The minimum Gasteiger partial charge on any atom is -0.493 e. The molecule has 5 rings (SSSR count). The van der Waals surface area contributed by atoms with Gasteiger partial charge in [-0.2, -0.15) is 0 Å². The van der Waals surface area contributed by atoms with E-state index in [2.05, 4.69) is 30.0 Å². The van der Waals surface area contributed by atoms with Crippen molar-refractivity contribution in [1.82, 2.24) is 9.80 Å². The smallest absolute Gasteiger partial charge is 0.306 e. The molecule has 2 aliphatic heterocycles. The monoisotopic (exact) mass is 564 g/mol. The number of carbonyl (C=O) groups excluding carboxylic acids is 2. The zero-order chi connectivity index (χ0) is 28.9. The van der Waals surface area contributed by atoms with Gasteiger partial charge in [0.2, 0.25) is 11.8 Å². The lowest BCUT2D eigenvalue weighted by atomic mass is 9.81. The molecule has 41 heavy (non-hydrogen) atoms. The summed E-state index contributed by atoms with van der Waals surface area (Å²) in [6.07, 6.45) is 4.75. The minimum atomic E-state index is -0.679. The molecule has 2 fully saturated rings. The zero-order valence-electron chi connectivity index (χ0n) is 24.0. The molecule has 3 aliphatic rings. The van der Waals surface area contributed by atoms with E-state index in [9.17, 15) is 19.5 Å². The van der Waals surface area contributed by atoms with E-state index in [0.29, 0.717) is 24.0 Å². The summed E-state index contributed by atoms with van der Waals surface area (Å²) in [5, 5.41) is 9.44. The Morgan fingerprint density at radius 3 is 2.51 bits per heavy atom. The van der Waals surface area contributed by atoms with E-state index in [4.69, 9.17) is 14.2 Å². The third-order valence-corrected chi connectivity index (χ3v) is 8.77. The van der Waals surface area contributed by atoms with Gasteiger partial charge in [-0.25, -0.2) is 0 Å². The molecule has 9 nitrogen and oxygen atoms in total. The highest BCUT2D eigenvalue weighted by molar-refractivity contribution is 6.01. The number of imide groups is 1. The molecule has 2 aromatic rings. The highest BCUT2D eigenvalue weighted by Crippen LogP contribution is 2.36. The maximum Gasteiger partial charge on any atom is 0.306 e. The van der Waals surface area contributed by atoms with Crippen LogP contribution in [0.5, 0.6) is 17.2 Å². The summed E-state index contributed by atoms with van der Waals surface area (Å²) >= 11 is 0. The molecule has 1 atom stereocenters. The van der Waals surface area contributed by atoms with Gasteiger partial charge in [0, 0.05) is 38.4 Å². The Morgan fingerprint density at radius 2 is 1.80 bits per heavy atom. The summed E-state index contributed by atoms with van der Waals surface area (Å²) in [7, 11) is 1.60. The first kappa shape index (κ1) is 28.9. The maximum atomic E-state index is 11.9. The summed E-state index contributed by atoms with van der Waals surface area (Å²) in [6.45, 7) is 4.96. The first-order valence-corrected chi connectivity index (χ1v) is 14.7. The van der Waals surface area contributed by atoms with Crippen LogP contribution in [0.25, 0.3) is 0 Å². The van der Waals surface area contributed by atoms with Gasteiger partial charge in [0.1, 0.15) is 12.4 Å². The summed E-state index contributed by atoms with van der Waals surface area (Å²) < 4.78 is 17.3. The first-order valence-electron chi connectivity index (χ1n) is 14.7. The van der Waals surface area contributed by atoms with Crippen LogP contribution in [0.2, 0.25) is 0 Å². The summed E-state index contributed by atoms with van der Waals surface area (Å²) in [5.41, 5.74) is 3.57. The lowest BCUT2D eigenvalue weighted by Gasteiger charge is -2.35. The van der Waals surface area contributed by atoms with Crippen molar-refractivity contribution in [1.29, 1.82) is 0 Å². The van der Waals surface area contributed by atoms with Gasteiger partial charge < -0.3 is 19.3 Å². The van der Waals surface area contributed by atoms with E-state index in [-0.39, 0.29) is 49.8 Å². The summed E-state index contributed by atoms with van der Waals surface area (Å²) in [4.78, 5) is 39.0. The molecule has 2 amide bonds. The number of hydrogen-bond donors (Lipinski definition) is 1. The normalized spacial score (nSPS) is 21.1. The molecule has 9 heteroatoms. The molecular weight excluding hydrogens is 524 g/mol. The highest BCUT2D eigenvalue weighted by atomic mass is 16.5. The molecule has 0 radical (unpaired) electrons. The van der Waals surface area contributed by atoms with Crippen molar-refractivity contribution >= 4 is 17.8 Å². The second-order valence-corrected chi connectivity index (χ2v) is 11.4. The number of methoxy groups -OCH3 is 1. The molecule has 1 unspecified atom stereocenters. The van der Waals surface area contributed by atoms with E-state index >= 15 is 0 Å². The fraction of sp³-hybridized carbons (Fsp3) is 0.531. The van der Waals surface area contributed by atoms with Gasteiger partial charge in [-0.05, 0) is 73.4 Å². The van der Waals surface area contributed by atoms with Crippen LogP contribution in [-0.2, 0) is 27.3 Å². The second kappa shape index (κ2) is 12.9. The van der Waals surface area contributed by atoms with Gasteiger partial charge in [0.25, 0.3) is 0 Å². The maximum absolute atomic E-state index is 11.9. The SMILES string of the molecule is COc1cc(CN(C[C@H]2CC[C@@H](C(=O)O)CC2)C(C)c2ccc3c(c2)CCO3)ccc1OCCN1C(=O)CCC1=O. The molecule has 2 aromatic carbocycles. The van der Waals surface area contributed by atoms with Crippen LogP contribution < -0.4 is 14.2 Å². The van der Waals surface area contributed by atoms with Gasteiger partial charge in [-0.1, -0.05) is 18.2 Å². The summed E-state index contributed by atoms with van der Waals surface area (Å²) in [5.74, 6) is 1.37. The Kier molecular flexibility index (Phi) is 9.12. The second-order valence-electron chi connectivity index (χ2n) is 11.4. The van der Waals surface area contributed by atoms with Crippen molar-refractivity contribution in [3.05, 3.63) is 53.1 Å². The average Bonchev–Trinajstić information content (AvgIpc) is 3.58. The van der Waals surface area contributed by atoms with Crippen molar-refractivity contribution in [3.8, 4) is 17.2 Å². The average molecular weight is 565 g/mol. The molecule has 0 bridgehead atoms. The zero-order valence-corrected chi connectivity index (χ0v) is 24.0. The number of rotatable bonds is 12. The lowest BCUT2D eigenvalue weighted by molar-refractivity contribution is -0.143. The third kappa shape index (κ3) is 6.84. The molecule has 2 heterocycles. The number of aliphatic carboxylic acids is 1. The van der Waals surface area contributed by atoms with Crippen LogP contribution in [0.3, 0.4) is 0 Å². The quantitative estimate of drug-likeness (QED) is 0.373. The number of hydrogen-bond acceptors (Lipinski definition) is 7. The number of amides is 2. The van der Waals surface area contributed by atoms with Crippen molar-refractivity contribution in [2.45, 2.75) is 64.5 Å². The topological polar surface area (TPSA) is 106 Å². The first-order chi connectivity index (χ1) is 19.8. The van der Waals surface area contributed by atoms with Crippen LogP contribution in [-0.4, -0.2) is 66.1 Å². The van der Waals surface area contributed by atoms with E-state index < -0.39 is 5.97 Å². The van der Waals surface area contributed by atoms with Crippen molar-refractivity contribution in [2.24, 2.45) is 11.8 Å². The lowest BCUT2D eigenvalue weighted by Crippen LogP contribution is -2.34. The molecular formula is C32H40N2O7. The van der Waals surface area contributed by atoms with Crippen LogP contribution in [0.15, 0.2) is 36.4 Å². The number of fused-ring (bicyclic) bond motifs is 1. The van der Waals surface area contributed by atoms with Crippen molar-refractivity contribution in [3.63, 3.8) is 0 Å². The Balaban J connectivity index is 1.29. The molecule has 1 aliphatic carbocycles. The molecule has 1 saturated heterocycles. The predicted molar refractivity (Wildman–Crippen MR) is 152 cm³/mol. The molecule has 0 aromatic heterocycles. The van der Waals surface area contributed by atoms with Crippen LogP contribution >= 0.6 is 0 Å². The molecule has 0 spiro atoms. The predicted octanol–water partition coefficient (Wildman–Crippen LogP) is 4.61. The number of ether oxygens (including phenoxy) is 3. The van der Waals surface area contributed by atoms with E-state index in [1.54, 1.807) is 7.11 Å². The Labute approximate surface area is 241 Å². The Morgan fingerprint density at radius 1 is 1.05 bits per heavy atom. The summed E-state index contributed by atoms with van der Waals surface area (Å²) in [6, 6.07) is 12.5. The third-order valence-electron chi connectivity index (χ3n) is 8.77. The number of carbonyl (C=O) groups is 3. The fourth-order valence-electron chi connectivity index (χ4n) is 6.24. The van der Waals surface area contributed by atoms with Gasteiger partial charge in [-0.15, -0.1) is 0 Å².